The van der Waals surface area contributed by atoms with Gasteiger partial charge in [0.15, 0.2) is 0 Å². The molecule has 6 N–H and O–H groups in total. The number of sulfonamides is 1. The van der Waals surface area contributed by atoms with Crippen LogP contribution in [0.4, 0.5) is 5.69 Å². The minimum atomic E-state index is -3.58. The molecule has 0 fully saturated rings. The maximum absolute atomic E-state index is 12.4. The van der Waals surface area contributed by atoms with Gasteiger partial charge in [-0.1, -0.05) is 42.5 Å². The second-order valence-corrected chi connectivity index (χ2v) is 12.1. The third-order valence-electron chi connectivity index (χ3n) is 6.15. The zero-order valence-corrected chi connectivity index (χ0v) is 23.3. The standard InChI is InChI=1S/C29H37N3O6S/c1-29(2,31-19-27(35)23-9-12-26(34)25(17-23)32-39(3,37)38)18-22-6-4-5-21(15-22)16-28(36)30-14-13-20-7-10-24(33)11-8-20/h4-12,15,17,27,31-35H,13-14,16,18-19H2,1-3H3,(H,30,36)/t27-/m1/s1. The zero-order chi connectivity index (χ0) is 28.6. The number of aromatic hydroxyl groups is 2. The highest BCUT2D eigenvalue weighted by molar-refractivity contribution is 7.92. The molecule has 0 heterocycles. The van der Waals surface area contributed by atoms with Crippen LogP contribution in [-0.4, -0.2) is 54.5 Å². The molecule has 3 aromatic rings. The predicted molar refractivity (Wildman–Crippen MR) is 152 cm³/mol. The fraction of sp³-hybridized carbons (Fsp3) is 0.345. The first-order valence-corrected chi connectivity index (χ1v) is 14.5. The number of benzene rings is 3. The summed E-state index contributed by atoms with van der Waals surface area (Å²) in [7, 11) is -3.58. The van der Waals surface area contributed by atoms with Gasteiger partial charge in [-0.25, -0.2) is 8.42 Å². The Morgan fingerprint density at radius 3 is 2.33 bits per heavy atom. The molecule has 0 aromatic heterocycles. The lowest BCUT2D eigenvalue weighted by atomic mass is 9.93. The van der Waals surface area contributed by atoms with Crippen molar-refractivity contribution >= 4 is 21.6 Å². The summed E-state index contributed by atoms with van der Waals surface area (Å²) < 4.78 is 25.3. The average Bonchev–Trinajstić information content (AvgIpc) is 2.84. The Bertz CT molecular complexity index is 1370. The maximum Gasteiger partial charge on any atom is 0.229 e. The second kappa shape index (κ2) is 13.0. The number of aliphatic hydroxyl groups is 1. The molecular formula is C29H37N3O6S. The van der Waals surface area contributed by atoms with Crippen molar-refractivity contribution in [3.63, 3.8) is 0 Å². The number of aliphatic hydroxyl groups excluding tert-OH is 1. The Kier molecular flexibility index (Phi) is 9.96. The molecule has 0 spiro atoms. The van der Waals surface area contributed by atoms with Crippen LogP contribution in [0.1, 0.15) is 42.2 Å². The number of carbonyl (C=O) groups excluding carboxylic acids is 1. The minimum Gasteiger partial charge on any atom is -0.508 e. The van der Waals surface area contributed by atoms with Gasteiger partial charge < -0.3 is 26.0 Å². The molecule has 0 aliphatic carbocycles. The summed E-state index contributed by atoms with van der Waals surface area (Å²) in [4.78, 5) is 12.4. The van der Waals surface area contributed by atoms with Gasteiger partial charge >= 0.3 is 0 Å². The average molecular weight is 556 g/mol. The van der Waals surface area contributed by atoms with Crippen LogP contribution in [0, 0.1) is 0 Å². The number of anilines is 1. The van der Waals surface area contributed by atoms with Crippen molar-refractivity contribution in [3.05, 3.63) is 89.0 Å². The summed E-state index contributed by atoms with van der Waals surface area (Å²) in [6.45, 7) is 4.74. The van der Waals surface area contributed by atoms with E-state index in [4.69, 9.17) is 0 Å². The molecule has 0 unspecified atom stereocenters. The number of nitrogens with one attached hydrogen (secondary N) is 3. The van der Waals surface area contributed by atoms with Crippen LogP contribution in [0.25, 0.3) is 0 Å². The van der Waals surface area contributed by atoms with Crippen molar-refractivity contribution in [2.75, 3.05) is 24.1 Å². The molecule has 3 aromatic carbocycles. The van der Waals surface area contributed by atoms with Crippen LogP contribution in [0.5, 0.6) is 11.5 Å². The molecule has 1 amide bonds. The van der Waals surface area contributed by atoms with Gasteiger partial charge in [-0.05, 0) is 73.2 Å². The fourth-order valence-corrected chi connectivity index (χ4v) is 4.78. The monoisotopic (exact) mass is 555 g/mol. The second-order valence-electron chi connectivity index (χ2n) is 10.4. The van der Waals surface area contributed by atoms with Crippen molar-refractivity contribution in [1.29, 1.82) is 0 Å². The van der Waals surface area contributed by atoms with E-state index in [1.165, 1.54) is 12.1 Å². The lowest BCUT2D eigenvalue weighted by Crippen LogP contribution is -2.43. The lowest BCUT2D eigenvalue weighted by molar-refractivity contribution is -0.120. The predicted octanol–water partition coefficient (Wildman–Crippen LogP) is 3.02. The smallest absolute Gasteiger partial charge is 0.229 e. The van der Waals surface area contributed by atoms with E-state index >= 15 is 0 Å². The Morgan fingerprint density at radius 2 is 1.64 bits per heavy atom. The molecule has 0 aliphatic rings. The third kappa shape index (κ3) is 10.2. The zero-order valence-electron chi connectivity index (χ0n) is 22.4. The molecule has 0 saturated carbocycles. The number of rotatable bonds is 13. The largest absolute Gasteiger partial charge is 0.508 e. The number of hydrogen-bond donors (Lipinski definition) is 6. The molecule has 0 aliphatic heterocycles. The summed E-state index contributed by atoms with van der Waals surface area (Å²) in [5, 5.41) is 36.3. The molecular weight excluding hydrogens is 518 g/mol. The highest BCUT2D eigenvalue weighted by atomic mass is 32.2. The Labute approximate surface area is 230 Å². The van der Waals surface area contributed by atoms with Gasteiger partial charge in [-0.15, -0.1) is 0 Å². The summed E-state index contributed by atoms with van der Waals surface area (Å²) >= 11 is 0. The molecule has 0 saturated heterocycles. The normalized spacial score (nSPS) is 12.6. The van der Waals surface area contributed by atoms with Gasteiger partial charge in [-0.3, -0.25) is 9.52 Å². The van der Waals surface area contributed by atoms with Crippen LogP contribution in [0.2, 0.25) is 0 Å². The fourth-order valence-electron chi connectivity index (χ4n) is 4.21. The van der Waals surface area contributed by atoms with Gasteiger partial charge in [0.05, 0.1) is 24.5 Å². The molecule has 39 heavy (non-hydrogen) atoms. The first kappa shape index (κ1) is 29.9. The van der Waals surface area contributed by atoms with Gasteiger partial charge in [0.1, 0.15) is 11.5 Å². The number of phenolic OH excluding ortho intramolecular Hbond substituents is 2. The molecule has 0 bridgehead atoms. The molecule has 10 heteroatoms. The number of phenols is 2. The Morgan fingerprint density at radius 1 is 0.949 bits per heavy atom. The number of carbonyl (C=O) groups is 1. The van der Waals surface area contributed by atoms with Gasteiger partial charge in [-0.2, -0.15) is 0 Å². The van der Waals surface area contributed by atoms with Crippen molar-refractivity contribution in [2.45, 2.75) is 44.8 Å². The molecule has 3 rings (SSSR count). The van der Waals surface area contributed by atoms with Gasteiger partial charge in [0.25, 0.3) is 0 Å². The Hall–Kier alpha value is -3.60. The van der Waals surface area contributed by atoms with Crippen molar-refractivity contribution in [2.24, 2.45) is 0 Å². The topological polar surface area (TPSA) is 148 Å². The summed E-state index contributed by atoms with van der Waals surface area (Å²) in [6.07, 6.45) is 1.65. The van der Waals surface area contributed by atoms with Crippen molar-refractivity contribution < 1.29 is 28.5 Å². The van der Waals surface area contributed by atoms with Crippen LogP contribution >= 0.6 is 0 Å². The quantitative estimate of drug-likeness (QED) is 0.178. The van der Waals surface area contributed by atoms with E-state index in [9.17, 15) is 28.5 Å². The van der Waals surface area contributed by atoms with Crippen LogP contribution in [0.3, 0.4) is 0 Å². The van der Waals surface area contributed by atoms with E-state index in [-0.39, 0.29) is 36.1 Å². The number of hydrogen-bond acceptors (Lipinski definition) is 7. The summed E-state index contributed by atoms with van der Waals surface area (Å²) in [6, 6.07) is 19.0. The highest BCUT2D eigenvalue weighted by Gasteiger charge is 2.21. The molecule has 9 nitrogen and oxygen atoms in total. The molecule has 1 atom stereocenters. The van der Waals surface area contributed by atoms with Crippen LogP contribution in [0.15, 0.2) is 66.7 Å². The SMILES string of the molecule is CC(C)(Cc1cccc(CC(=O)NCCc2ccc(O)cc2)c1)NC[C@@H](O)c1ccc(O)c(NS(C)(=O)=O)c1. The molecule has 210 valence electrons. The van der Waals surface area contributed by atoms with Gasteiger partial charge in [0, 0.05) is 18.6 Å². The van der Waals surface area contributed by atoms with E-state index in [1.54, 1.807) is 18.2 Å². The summed E-state index contributed by atoms with van der Waals surface area (Å²) in [5.41, 5.74) is 3.05. The van der Waals surface area contributed by atoms with Crippen molar-refractivity contribution in [3.8, 4) is 11.5 Å². The Balaban J connectivity index is 1.51. The summed E-state index contributed by atoms with van der Waals surface area (Å²) in [5.74, 6) is -0.0757. The van der Waals surface area contributed by atoms with E-state index < -0.39 is 21.7 Å². The van der Waals surface area contributed by atoms with Gasteiger partial charge in [0.2, 0.25) is 15.9 Å². The lowest BCUT2D eigenvalue weighted by Gasteiger charge is -2.28. The third-order valence-corrected chi connectivity index (χ3v) is 6.74. The first-order chi connectivity index (χ1) is 18.3. The molecule has 0 radical (unpaired) electrons. The first-order valence-electron chi connectivity index (χ1n) is 12.7. The van der Waals surface area contributed by atoms with Crippen LogP contribution < -0.4 is 15.4 Å². The minimum absolute atomic E-state index is 0.00881. The maximum atomic E-state index is 12.4. The highest BCUT2D eigenvalue weighted by Crippen LogP contribution is 2.28. The van der Waals surface area contributed by atoms with Crippen molar-refractivity contribution in [1.82, 2.24) is 10.6 Å². The van der Waals surface area contributed by atoms with E-state index in [0.717, 1.165) is 22.9 Å². The number of amides is 1. The van der Waals surface area contributed by atoms with Crippen LogP contribution in [-0.2, 0) is 34.1 Å². The van der Waals surface area contributed by atoms with E-state index in [2.05, 4.69) is 15.4 Å². The van der Waals surface area contributed by atoms with E-state index in [0.29, 0.717) is 24.9 Å². The van der Waals surface area contributed by atoms with E-state index in [1.807, 2.05) is 50.2 Å². The number of β-amino-alcohol motifs (C(OH)–C–C–N with tert-alkyl or cyclic N) is 1.